The van der Waals surface area contributed by atoms with Crippen molar-refractivity contribution < 1.29 is 4.74 Å². The zero-order chi connectivity index (χ0) is 13.0. The lowest BCUT2D eigenvalue weighted by molar-refractivity contribution is 0.0628. The van der Waals surface area contributed by atoms with Crippen LogP contribution in [-0.2, 0) is 4.74 Å². The molecule has 0 spiro atoms. The highest BCUT2D eigenvalue weighted by Crippen LogP contribution is 2.22. The second-order valence-corrected chi connectivity index (χ2v) is 4.65. The van der Waals surface area contributed by atoms with E-state index in [0.29, 0.717) is 6.61 Å². The summed E-state index contributed by atoms with van der Waals surface area (Å²) in [7, 11) is 1.95. The molecule has 0 saturated carbocycles. The Morgan fingerprint density at radius 1 is 1.22 bits per heavy atom. The quantitative estimate of drug-likeness (QED) is 0.878. The van der Waals surface area contributed by atoms with Crippen LogP contribution in [0.1, 0.15) is 25.5 Å². The molecule has 3 nitrogen and oxygen atoms in total. The number of para-hydroxylation sites is 1. The third kappa shape index (κ3) is 2.86. The number of hydrogen-bond donors (Lipinski definition) is 1. The predicted octanol–water partition coefficient (Wildman–Crippen LogP) is 2.92. The van der Waals surface area contributed by atoms with Crippen molar-refractivity contribution in [2.45, 2.75) is 26.0 Å². The summed E-state index contributed by atoms with van der Waals surface area (Å²) in [5, 5.41) is 4.47. The van der Waals surface area contributed by atoms with Gasteiger partial charge in [0.1, 0.15) is 0 Å². The SMILES string of the molecule is CNC(COC(C)C)c1cccc2cccnc12. The Hall–Kier alpha value is -1.45. The fraction of sp³-hybridized carbons (Fsp3) is 0.400. The number of ether oxygens (including phenoxy) is 1. The molecule has 0 amide bonds. The molecular formula is C15H20N2O. The zero-order valence-electron chi connectivity index (χ0n) is 11.2. The Balaban J connectivity index is 2.32. The van der Waals surface area contributed by atoms with Crippen molar-refractivity contribution in [2.24, 2.45) is 0 Å². The summed E-state index contributed by atoms with van der Waals surface area (Å²) < 4.78 is 5.71. The summed E-state index contributed by atoms with van der Waals surface area (Å²) in [6, 6.07) is 10.5. The molecule has 1 aromatic heterocycles. The van der Waals surface area contributed by atoms with Gasteiger partial charge in [-0.3, -0.25) is 4.98 Å². The fourth-order valence-electron chi connectivity index (χ4n) is 2.03. The second kappa shape index (κ2) is 5.94. The minimum atomic E-state index is 0.172. The van der Waals surface area contributed by atoms with Crippen molar-refractivity contribution in [3.8, 4) is 0 Å². The number of nitrogens with zero attached hydrogens (tertiary/aromatic N) is 1. The van der Waals surface area contributed by atoms with Crippen LogP contribution >= 0.6 is 0 Å². The van der Waals surface area contributed by atoms with Gasteiger partial charge in [-0.1, -0.05) is 24.3 Å². The Bertz CT molecular complexity index is 505. The van der Waals surface area contributed by atoms with Crippen molar-refractivity contribution in [2.75, 3.05) is 13.7 Å². The zero-order valence-corrected chi connectivity index (χ0v) is 11.2. The number of pyridine rings is 1. The number of hydrogen-bond acceptors (Lipinski definition) is 3. The molecule has 2 rings (SSSR count). The van der Waals surface area contributed by atoms with Gasteiger partial charge in [0.2, 0.25) is 0 Å². The van der Waals surface area contributed by atoms with E-state index in [1.165, 1.54) is 10.9 Å². The first-order chi connectivity index (χ1) is 8.72. The van der Waals surface area contributed by atoms with Gasteiger partial charge in [0.15, 0.2) is 0 Å². The molecule has 0 aliphatic heterocycles. The Morgan fingerprint density at radius 2 is 2.00 bits per heavy atom. The molecular weight excluding hydrogens is 224 g/mol. The van der Waals surface area contributed by atoms with Crippen molar-refractivity contribution in [3.63, 3.8) is 0 Å². The molecule has 0 fully saturated rings. The van der Waals surface area contributed by atoms with Crippen molar-refractivity contribution >= 4 is 10.9 Å². The van der Waals surface area contributed by atoms with E-state index >= 15 is 0 Å². The van der Waals surface area contributed by atoms with E-state index in [4.69, 9.17) is 4.74 Å². The number of aromatic nitrogens is 1. The standard InChI is InChI=1S/C15H20N2O/c1-11(2)18-10-14(16-3)13-8-4-6-12-7-5-9-17-15(12)13/h4-9,11,14,16H,10H2,1-3H3. The molecule has 96 valence electrons. The lowest BCUT2D eigenvalue weighted by Crippen LogP contribution is -2.23. The largest absolute Gasteiger partial charge is 0.377 e. The Morgan fingerprint density at radius 3 is 2.72 bits per heavy atom. The maximum absolute atomic E-state index is 5.71. The summed E-state index contributed by atoms with van der Waals surface area (Å²) in [6.45, 7) is 4.76. The van der Waals surface area contributed by atoms with Gasteiger partial charge < -0.3 is 10.1 Å². The number of benzene rings is 1. The van der Waals surface area contributed by atoms with Crippen molar-refractivity contribution in [1.29, 1.82) is 0 Å². The topological polar surface area (TPSA) is 34.1 Å². The molecule has 0 aliphatic carbocycles. The van der Waals surface area contributed by atoms with E-state index in [1.807, 2.05) is 33.2 Å². The first-order valence-electron chi connectivity index (χ1n) is 6.35. The third-order valence-electron chi connectivity index (χ3n) is 2.98. The molecule has 0 saturated heterocycles. The fourth-order valence-corrected chi connectivity index (χ4v) is 2.03. The molecule has 3 heteroatoms. The Kier molecular flexibility index (Phi) is 4.28. The molecule has 0 bridgehead atoms. The molecule has 1 aromatic carbocycles. The highest BCUT2D eigenvalue weighted by Gasteiger charge is 2.13. The lowest BCUT2D eigenvalue weighted by Gasteiger charge is -2.19. The van der Waals surface area contributed by atoms with Crippen LogP contribution in [0.2, 0.25) is 0 Å². The van der Waals surface area contributed by atoms with Crippen LogP contribution < -0.4 is 5.32 Å². The summed E-state index contributed by atoms with van der Waals surface area (Å²) >= 11 is 0. The highest BCUT2D eigenvalue weighted by molar-refractivity contribution is 5.82. The maximum atomic E-state index is 5.71. The van der Waals surface area contributed by atoms with Crippen LogP contribution in [0.15, 0.2) is 36.5 Å². The van der Waals surface area contributed by atoms with Crippen LogP contribution in [0.4, 0.5) is 0 Å². The number of fused-ring (bicyclic) bond motifs is 1. The average Bonchev–Trinajstić information content (AvgIpc) is 2.39. The third-order valence-corrected chi connectivity index (χ3v) is 2.98. The molecule has 18 heavy (non-hydrogen) atoms. The van der Waals surface area contributed by atoms with Gasteiger partial charge >= 0.3 is 0 Å². The number of rotatable bonds is 5. The van der Waals surface area contributed by atoms with Gasteiger partial charge in [-0.2, -0.15) is 0 Å². The first-order valence-corrected chi connectivity index (χ1v) is 6.35. The van der Waals surface area contributed by atoms with Crippen molar-refractivity contribution in [3.05, 3.63) is 42.1 Å². The van der Waals surface area contributed by atoms with Gasteiger partial charge in [-0.05, 0) is 32.5 Å². The van der Waals surface area contributed by atoms with Crippen LogP contribution in [-0.4, -0.2) is 24.7 Å². The van der Waals surface area contributed by atoms with Crippen LogP contribution in [0.5, 0.6) is 0 Å². The maximum Gasteiger partial charge on any atom is 0.0750 e. The van der Waals surface area contributed by atoms with Gasteiger partial charge in [0.25, 0.3) is 0 Å². The smallest absolute Gasteiger partial charge is 0.0750 e. The molecule has 0 radical (unpaired) electrons. The normalized spacial score (nSPS) is 13.1. The summed E-state index contributed by atoms with van der Waals surface area (Å²) in [5.41, 5.74) is 2.24. The minimum Gasteiger partial charge on any atom is -0.377 e. The Labute approximate surface area is 108 Å². The summed E-state index contributed by atoms with van der Waals surface area (Å²) in [6.07, 6.45) is 2.07. The summed E-state index contributed by atoms with van der Waals surface area (Å²) in [4.78, 5) is 4.48. The average molecular weight is 244 g/mol. The number of likely N-dealkylation sites (N-methyl/N-ethyl adjacent to an activating group) is 1. The minimum absolute atomic E-state index is 0.172. The first kappa shape index (κ1) is 13.0. The molecule has 2 aromatic rings. The molecule has 1 unspecified atom stereocenters. The monoisotopic (exact) mass is 244 g/mol. The molecule has 1 heterocycles. The van der Waals surface area contributed by atoms with Crippen LogP contribution in [0, 0.1) is 0 Å². The van der Waals surface area contributed by atoms with E-state index in [-0.39, 0.29) is 12.1 Å². The van der Waals surface area contributed by atoms with E-state index in [9.17, 15) is 0 Å². The van der Waals surface area contributed by atoms with Gasteiger partial charge in [-0.15, -0.1) is 0 Å². The van der Waals surface area contributed by atoms with Gasteiger partial charge in [-0.25, -0.2) is 0 Å². The van der Waals surface area contributed by atoms with E-state index in [2.05, 4.69) is 34.6 Å². The molecule has 1 atom stereocenters. The van der Waals surface area contributed by atoms with Gasteiger partial charge in [0, 0.05) is 11.6 Å². The van der Waals surface area contributed by atoms with E-state index in [0.717, 1.165) is 5.52 Å². The highest BCUT2D eigenvalue weighted by atomic mass is 16.5. The number of nitrogens with one attached hydrogen (secondary N) is 1. The van der Waals surface area contributed by atoms with E-state index < -0.39 is 0 Å². The predicted molar refractivity (Wildman–Crippen MR) is 74.6 cm³/mol. The summed E-state index contributed by atoms with van der Waals surface area (Å²) in [5.74, 6) is 0. The lowest BCUT2D eigenvalue weighted by atomic mass is 10.0. The van der Waals surface area contributed by atoms with Gasteiger partial charge in [0.05, 0.1) is 24.3 Å². The second-order valence-electron chi connectivity index (χ2n) is 4.65. The molecule has 1 N–H and O–H groups in total. The van der Waals surface area contributed by atoms with E-state index in [1.54, 1.807) is 0 Å². The van der Waals surface area contributed by atoms with Crippen molar-refractivity contribution in [1.82, 2.24) is 10.3 Å². The van der Waals surface area contributed by atoms with Crippen LogP contribution in [0.25, 0.3) is 10.9 Å². The van der Waals surface area contributed by atoms with Crippen LogP contribution in [0.3, 0.4) is 0 Å². The molecule has 0 aliphatic rings.